The van der Waals surface area contributed by atoms with E-state index in [1.54, 1.807) is 6.92 Å². The Morgan fingerprint density at radius 2 is 1.75 bits per heavy atom. The third-order valence-corrected chi connectivity index (χ3v) is 4.26. The molecule has 0 amide bonds. The van der Waals surface area contributed by atoms with Gasteiger partial charge in [-0.1, -0.05) is 48.9 Å². The molecule has 2 aromatic heterocycles. The Bertz CT molecular complexity index is 1240. The van der Waals surface area contributed by atoms with Crippen molar-refractivity contribution in [2.24, 2.45) is 4.99 Å². The Morgan fingerprint density at radius 3 is 2.54 bits per heavy atom. The van der Waals surface area contributed by atoms with E-state index in [2.05, 4.69) is 46.2 Å². The monoisotopic (exact) mass is 362 g/mol. The van der Waals surface area contributed by atoms with Gasteiger partial charge in [0, 0.05) is 11.9 Å². The molecule has 0 atom stereocenters. The van der Waals surface area contributed by atoms with E-state index in [4.69, 9.17) is 9.97 Å². The van der Waals surface area contributed by atoms with Gasteiger partial charge in [-0.3, -0.25) is 4.57 Å². The fourth-order valence-corrected chi connectivity index (χ4v) is 3.10. The molecule has 0 radical (unpaired) electrons. The average Bonchev–Trinajstić information content (AvgIpc) is 3.14. The fraction of sp³-hybridized carbons (Fsp3) is 0.0417. The number of nitrogens with zero attached hydrogens (tertiary/aromatic N) is 4. The zero-order valence-corrected chi connectivity index (χ0v) is 15.5. The standard InChI is InChI=1S/C24H18N4/c1-3-11-19(25-4-2)20-15-10-16-22(26-20)24-27-21-14-8-9-17-23(21)28(24)18-12-6-5-7-13-18/h4-10,12-17H,2H2,1H3. The Morgan fingerprint density at radius 1 is 0.964 bits per heavy atom. The van der Waals surface area contributed by atoms with E-state index in [9.17, 15) is 0 Å². The number of imidazole rings is 1. The van der Waals surface area contributed by atoms with Crippen molar-refractivity contribution in [1.82, 2.24) is 14.5 Å². The highest BCUT2D eigenvalue weighted by molar-refractivity contribution is 6.12. The molecule has 4 rings (SSSR count). The first-order chi connectivity index (χ1) is 13.8. The Hall–Kier alpha value is -3.97. The molecule has 0 saturated carbocycles. The predicted molar refractivity (Wildman–Crippen MR) is 114 cm³/mol. The summed E-state index contributed by atoms with van der Waals surface area (Å²) in [5, 5.41) is 0. The fourth-order valence-electron chi connectivity index (χ4n) is 3.10. The van der Waals surface area contributed by atoms with Gasteiger partial charge in [0.05, 0.1) is 16.7 Å². The molecule has 0 spiro atoms. The topological polar surface area (TPSA) is 43.1 Å². The predicted octanol–water partition coefficient (Wildman–Crippen LogP) is 5.04. The second-order valence-corrected chi connectivity index (χ2v) is 6.04. The quantitative estimate of drug-likeness (QED) is 0.377. The highest BCUT2D eigenvalue weighted by atomic mass is 15.1. The van der Waals surface area contributed by atoms with E-state index in [-0.39, 0.29) is 0 Å². The molecule has 0 unspecified atom stereocenters. The molecule has 4 heteroatoms. The summed E-state index contributed by atoms with van der Waals surface area (Å²) in [7, 11) is 0. The molecule has 4 nitrogen and oxygen atoms in total. The van der Waals surface area contributed by atoms with Crippen LogP contribution in [0.3, 0.4) is 0 Å². The summed E-state index contributed by atoms with van der Waals surface area (Å²) >= 11 is 0. The van der Waals surface area contributed by atoms with Crippen LogP contribution in [0.25, 0.3) is 28.2 Å². The third-order valence-electron chi connectivity index (χ3n) is 4.26. The maximum Gasteiger partial charge on any atom is 0.164 e. The van der Waals surface area contributed by atoms with Crippen LogP contribution in [0.2, 0.25) is 0 Å². The van der Waals surface area contributed by atoms with Gasteiger partial charge >= 0.3 is 0 Å². The molecular weight excluding hydrogens is 344 g/mol. The lowest BCUT2D eigenvalue weighted by Crippen LogP contribution is -2.04. The van der Waals surface area contributed by atoms with Crippen LogP contribution in [-0.4, -0.2) is 20.2 Å². The summed E-state index contributed by atoms with van der Waals surface area (Å²) in [5.74, 6) is 6.64. The Kier molecular flexibility index (Phi) is 4.81. The maximum atomic E-state index is 4.86. The highest BCUT2D eigenvalue weighted by Crippen LogP contribution is 2.27. The third kappa shape index (κ3) is 3.22. The minimum absolute atomic E-state index is 0.585. The summed E-state index contributed by atoms with van der Waals surface area (Å²) in [6.07, 6.45) is 1.48. The van der Waals surface area contributed by atoms with E-state index >= 15 is 0 Å². The van der Waals surface area contributed by atoms with E-state index in [0.29, 0.717) is 11.4 Å². The van der Waals surface area contributed by atoms with Gasteiger partial charge in [0.25, 0.3) is 0 Å². The van der Waals surface area contributed by atoms with Crippen LogP contribution in [-0.2, 0) is 0 Å². The number of hydrogen-bond donors (Lipinski definition) is 0. The number of rotatable bonds is 4. The Balaban J connectivity index is 1.95. The number of benzene rings is 2. The molecule has 28 heavy (non-hydrogen) atoms. The van der Waals surface area contributed by atoms with Crippen molar-refractivity contribution in [2.75, 3.05) is 0 Å². The number of para-hydroxylation sites is 3. The van der Waals surface area contributed by atoms with Crippen molar-refractivity contribution in [3.63, 3.8) is 0 Å². The summed E-state index contributed by atoms with van der Waals surface area (Å²) in [6.45, 7) is 5.45. The molecule has 0 N–H and O–H groups in total. The summed E-state index contributed by atoms with van der Waals surface area (Å²) in [6, 6.07) is 24.0. The normalized spacial score (nSPS) is 11.1. The van der Waals surface area contributed by atoms with Crippen LogP contribution in [0.1, 0.15) is 12.6 Å². The lowest BCUT2D eigenvalue weighted by atomic mass is 10.2. The molecule has 2 aromatic carbocycles. The van der Waals surface area contributed by atoms with Crippen LogP contribution < -0.4 is 0 Å². The van der Waals surface area contributed by atoms with Crippen molar-refractivity contribution in [3.05, 3.63) is 91.3 Å². The van der Waals surface area contributed by atoms with Crippen LogP contribution in [0.4, 0.5) is 0 Å². The summed E-state index contributed by atoms with van der Waals surface area (Å²) < 4.78 is 2.12. The number of aliphatic imine (C=N–C) groups is 1. The minimum Gasteiger partial charge on any atom is -0.291 e. The minimum atomic E-state index is 0.585. The largest absolute Gasteiger partial charge is 0.291 e. The molecule has 0 bridgehead atoms. The van der Waals surface area contributed by atoms with Gasteiger partial charge in [0.15, 0.2) is 5.82 Å². The molecule has 0 aliphatic heterocycles. The molecule has 0 aliphatic carbocycles. The van der Waals surface area contributed by atoms with Gasteiger partial charge in [0.2, 0.25) is 0 Å². The van der Waals surface area contributed by atoms with Crippen molar-refractivity contribution in [1.29, 1.82) is 0 Å². The lowest BCUT2D eigenvalue weighted by molar-refractivity contribution is 1.08. The molecule has 2 heterocycles. The van der Waals surface area contributed by atoms with Crippen LogP contribution >= 0.6 is 0 Å². The first-order valence-electron chi connectivity index (χ1n) is 8.94. The van der Waals surface area contributed by atoms with Gasteiger partial charge in [0.1, 0.15) is 11.4 Å². The van der Waals surface area contributed by atoms with Gasteiger partial charge in [-0.25, -0.2) is 15.0 Å². The SMILES string of the molecule is C=CN=C(C#CC)c1cccc(-c2nc3ccccc3n2-c2ccccc2)n1. The summed E-state index contributed by atoms with van der Waals surface area (Å²) in [5.41, 5.74) is 5.02. The molecule has 0 saturated heterocycles. The van der Waals surface area contributed by atoms with Crippen LogP contribution in [0.15, 0.2) is 90.6 Å². The summed E-state index contributed by atoms with van der Waals surface area (Å²) in [4.78, 5) is 13.9. The van der Waals surface area contributed by atoms with Gasteiger partial charge < -0.3 is 0 Å². The van der Waals surface area contributed by atoms with Crippen molar-refractivity contribution in [3.8, 4) is 29.0 Å². The Labute approximate surface area is 163 Å². The molecule has 4 aromatic rings. The zero-order valence-electron chi connectivity index (χ0n) is 15.5. The average molecular weight is 362 g/mol. The van der Waals surface area contributed by atoms with Crippen LogP contribution in [0, 0.1) is 11.8 Å². The molecule has 0 fully saturated rings. The first-order valence-corrected chi connectivity index (χ1v) is 8.94. The second-order valence-electron chi connectivity index (χ2n) is 6.04. The van der Waals surface area contributed by atoms with Crippen molar-refractivity contribution in [2.45, 2.75) is 6.92 Å². The first kappa shape index (κ1) is 17.4. The number of hydrogen-bond acceptors (Lipinski definition) is 3. The maximum absolute atomic E-state index is 4.86. The smallest absolute Gasteiger partial charge is 0.164 e. The molecule has 134 valence electrons. The number of pyridine rings is 1. The zero-order chi connectivity index (χ0) is 19.3. The van der Waals surface area contributed by atoms with E-state index in [1.165, 1.54) is 6.20 Å². The molecule has 0 aliphatic rings. The van der Waals surface area contributed by atoms with E-state index in [1.807, 2.05) is 54.6 Å². The van der Waals surface area contributed by atoms with Crippen LogP contribution in [0.5, 0.6) is 0 Å². The molecular formula is C24H18N4. The van der Waals surface area contributed by atoms with Crippen molar-refractivity contribution >= 4 is 16.7 Å². The van der Waals surface area contributed by atoms with Gasteiger partial charge in [-0.15, -0.1) is 0 Å². The van der Waals surface area contributed by atoms with Crippen molar-refractivity contribution < 1.29 is 0 Å². The van der Waals surface area contributed by atoms with Gasteiger partial charge in [-0.2, -0.15) is 0 Å². The van der Waals surface area contributed by atoms with Gasteiger partial charge in [-0.05, 0) is 49.2 Å². The van der Waals surface area contributed by atoms with E-state index < -0.39 is 0 Å². The second kappa shape index (κ2) is 7.73. The number of fused-ring (bicyclic) bond motifs is 1. The lowest BCUT2D eigenvalue weighted by Gasteiger charge is -2.09. The highest BCUT2D eigenvalue weighted by Gasteiger charge is 2.16. The number of aromatic nitrogens is 3. The van der Waals surface area contributed by atoms with E-state index in [0.717, 1.165) is 28.2 Å².